The van der Waals surface area contributed by atoms with Crippen LogP contribution in [-0.2, 0) is 0 Å². The topological polar surface area (TPSA) is 26.0 Å². The summed E-state index contributed by atoms with van der Waals surface area (Å²) in [5.41, 5.74) is 9.72. The maximum absolute atomic E-state index is 6.07. The van der Waals surface area contributed by atoms with Gasteiger partial charge in [0.25, 0.3) is 0 Å². The van der Waals surface area contributed by atoms with Crippen LogP contribution in [0.1, 0.15) is 31.0 Å². The molecule has 0 fully saturated rings. The predicted octanol–water partition coefficient (Wildman–Crippen LogP) is 3.72. The second-order valence-electron chi connectivity index (χ2n) is 3.72. The standard InChI is InChI=1S/C12H16BrN/c1-8(2)7-12(14)10-5-4-6-11(13)9(10)3/h4-7,12H,14H2,1-3H3. The first kappa shape index (κ1) is 11.5. The largest absolute Gasteiger partial charge is 0.321 e. The first-order valence-electron chi connectivity index (χ1n) is 4.68. The minimum absolute atomic E-state index is 0.00231. The molecule has 0 saturated heterocycles. The molecule has 1 aromatic rings. The molecule has 0 aliphatic rings. The Balaban J connectivity index is 3.07. The summed E-state index contributed by atoms with van der Waals surface area (Å²) in [7, 11) is 0. The van der Waals surface area contributed by atoms with Gasteiger partial charge < -0.3 is 5.73 Å². The number of hydrogen-bond donors (Lipinski definition) is 1. The molecule has 0 radical (unpaired) electrons. The van der Waals surface area contributed by atoms with Crippen molar-refractivity contribution < 1.29 is 0 Å². The zero-order valence-corrected chi connectivity index (χ0v) is 10.4. The lowest BCUT2D eigenvalue weighted by Crippen LogP contribution is -2.09. The highest BCUT2D eigenvalue weighted by atomic mass is 79.9. The molecular formula is C12H16BrN. The van der Waals surface area contributed by atoms with Crippen LogP contribution in [0.15, 0.2) is 34.3 Å². The number of rotatable bonds is 2. The van der Waals surface area contributed by atoms with Gasteiger partial charge >= 0.3 is 0 Å². The first-order valence-corrected chi connectivity index (χ1v) is 5.47. The molecule has 2 N–H and O–H groups in total. The fraction of sp³-hybridized carbons (Fsp3) is 0.333. The van der Waals surface area contributed by atoms with Gasteiger partial charge in [0.05, 0.1) is 0 Å². The fourth-order valence-corrected chi connectivity index (χ4v) is 1.82. The molecule has 14 heavy (non-hydrogen) atoms. The Labute approximate surface area is 94.1 Å². The van der Waals surface area contributed by atoms with Gasteiger partial charge in [-0.1, -0.05) is 39.7 Å². The van der Waals surface area contributed by atoms with Crippen LogP contribution < -0.4 is 5.73 Å². The number of allylic oxidation sites excluding steroid dienone is 1. The van der Waals surface area contributed by atoms with E-state index in [0.717, 1.165) is 4.47 Å². The number of hydrogen-bond acceptors (Lipinski definition) is 1. The van der Waals surface area contributed by atoms with E-state index in [1.54, 1.807) is 0 Å². The first-order chi connectivity index (χ1) is 6.52. The van der Waals surface area contributed by atoms with Crippen molar-refractivity contribution in [3.63, 3.8) is 0 Å². The van der Waals surface area contributed by atoms with Crippen LogP contribution in [0.2, 0.25) is 0 Å². The van der Waals surface area contributed by atoms with E-state index in [4.69, 9.17) is 5.73 Å². The SMILES string of the molecule is CC(C)=CC(N)c1cccc(Br)c1C. The Morgan fingerprint density at radius 3 is 2.64 bits per heavy atom. The Hall–Kier alpha value is -0.600. The molecule has 0 heterocycles. The lowest BCUT2D eigenvalue weighted by atomic mass is 10.0. The van der Waals surface area contributed by atoms with Gasteiger partial charge in [-0.05, 0) is 38.0 Å². The highest BCUT2D eigenvalue weighted by Gasteiger charge is 2.07. The van der Waals surface area contributed by atoms with Crippen LogP contribution in [0.5, 0.6) is 0 Å². The number of benzene rings is 1. The third-order valence-corrected chi connectivity index (χ3v) is 3.04. The van der Waals surface area contributed by atoms with Gasteiger partial charge in [0.15, 0.2) is 0 Å². The summed E-state index contributed by atoms with van der Waals surface area (Å²) in [6, 6.07) is 6.13. The maximum Gasteiger partial charge on any atom is 0.0486 e. The third-order valence-electron chi connectivity index (χ3n) is 2.18. The number of nitrogens with two attached hydrogens (primary N) is 1. The van der Waals surface area contributed by atoms with Crippen molar-refractivity contribution in [3.05, 3.63) is 45.4 Å². The molecule has 2 heteroatoms. The molecule has 0 bridgehead atoms. The molecule has 1 rings (SSSR count). The van der Waals surface area contributed by atoms with Crippen LogP contribution >= 0.6 is 15.9 Å². The maximum atomic E-state index is 6.07. The summed E-state index contributed by atoms with van der Waals surface area (Å²) in [5.74, 6) is 0. The van der Waals surface area contributed by atoms with Gasteiger partial charge in [0.2, 0.25) is 0 Å². The van der Waals surface area contributed by atoms with E-state index >= 15 is 0 Å². The molecule has 0 aliphatic carbocycles. The van der Waals surface area contributed by atoms with Crippen LogP contribution in [-0.4, -0.2) is 0 Å². The van der Waals surface area contributed by atoms with E-state index in [1.165, 1.54) is 16.7 Å². The van der Waals surface area contributed by atoms with Gasteiger partial charge in [0.1, 0.15) is 0 Å². The molecular weight excluding hydrogens is 238 g/mol. The molecule has 76 valence electrons. The summed E-state index contributed by atoms with van der Waals surface area (Å²) >= 11 is 3.50. The van der Waals surface area contributed by atoms with Gasteiger partial charge in [-0.2, -0.15) is 0 Å². The second kappa shape index (κ2) is 4.76. The number of halogens is 1. The molecule has 0 amide bonds. The lowest BCUT2D eigenvalue weighted by molar-refractivity contribution is 0.886. The average Bonchev–Trinajstić information content (AvgIpc) is 2.08. The van der Waals surface area contributed by atoms with E-state index in [2.05, 4.69) is 48.8 Å². The van der Waals surface area contributed by atoms with E-state index in [1.807, 2.05) is 12.1 Å². The summed E-state index contributed by atoms with van der Waals surface area (Å²) in [6.07, 6.45) is 2.08. The summed E-state index contributed by atoms with van der Waals surface area (Å²) in [4.78, 5) is 0. The van der Waals surface area contributed by atoms with E-state index < -0.39 is 0 Å². The van der Waals surface area contributed by atoms with Crippen molar-refractivity contribution in [2.75, 3.05) is 0 Å². The van der Waals surface area contributed by atoms with E-state index in [9.17, 15) is 0 Å². The van der Waals surface area contributed by atoms with Crippen LogP contribution in [0, 0.1) is 6.92 Å². The van der Waals surface area contributed by atoms with E-state index in [-0.39, 0.29) is 6.04 Å². The summed E-state index contributed by atoms with van der Waals surface area (Å²) in [6.45, 7) is 6.21. The van der Waals surface area contributed by atoms with E-state index in [0.29, 0.717) is 0 Å². The van der Waals surface area contributed by atoms with Crippen molar-refractivity contribution in [2.24, 2.45) is 5.73 Å². The summed E-state index contributed by atoms with van der Waals surface area (Å²) < 4.78 is 1.12. The third kappa shape index (κ3) is 2.69. The highest BCUT2D eigenvalue weighted by Crippen LogP contribution is 2.24. The Bertz CT molecular complexity index is 351. The fourth-order valence-electron chi connectivity index (χ4n) is 1.43. The van der Waals surface area contributed by atoms with Crippen molar-refractivity contribution >= 4 is 15.9 Å². The van der Waals surface area contributed by atoms with Crippen molar-refractivity contribution in [1.82, 2.24) is 0 Å². The summed E-state index contributed by atoms with van der Waals surface area (Å²) in [5, 5.41) is 0. The van der Waals surface area contributed by atoms with Gasteiger partial charge in [-0.3, -0.25) is 0 Å². The molecule has 0 aromatic heterocycles. The normalized spacial score (nSPS) is 12.4. The van der Waals surface area contributed by atoms with Crippen molar-refractivity contribution in [3.8, 4) is 0 Å². The van der Waals surface area contributed by atoms with Gasteiger partial charge in [-0.25, -0.2) is 0 Å². The Morgan fingerprint density at radius 1 is 1.43 bits per heavy atom. The predicted molar refractivity (Wildman–Crippen MR) is 65.2 cm³/mol. The molecule has 1 unspecified atom stereocenters. The molecule has 1 atom stereocenters. The lowest BCUT2D eigenvalue weighted by Gasteiger charge is -2.12. The average molecular weight is 254 g/mol. The molecule has 0 spiro atoms. The van der Waals surface area contributed by atoms with Crippen molar-refractivity contribution in [1.29, 1.82) is 0 Å². The van der Waals surface area contributed by atoms with Crippen LogP contribution in [0.4, 0.5) is 0 Å². The minimum atomic E-state index is -0.00231. The zero-order valence-electron chi connectivity index (χ0n) is 8.84. The van der Waals surface area contributed by atoms with Crippen molar-refractivity contribution in [2.45, 2.75) is 26.8 Å². The zero-order chi connectivity index (χ0) is 10.7. The Kier molecular flexibility index (Phi) is 3.90. The quantitative estimate of drug-likeness (QED) is 0.799. The molecule has 0 aliphatic heterocycles. The molecule has 1 aromatic carbocycles. The highest BCUT2D eigenvalue weighted by molar-refractivity contribution is 9.10. The molecule has 1 nitrogen and oxygen atoms in total. The van der Waals surface area contributed by atoms with Gasteiger partial charge in [-0.15, -0.1) is 0 Å². The molecule has 0 saturated carbocycles. The minimum Gasteiger partial charge on any atom is -0.321 e. The van der Waals surface area contributed by atoms with Crippen LogP contribution in [0.3, 0.4) is 0 Å². The Morgan fingerprint density at radius 2 is 2.07 bits per heavy atom. The van der Waals surface area contributed by atoms with Gasteiger partial charge in [0, 0.05) is 10.5 Å². The smallest absolute Gasteiger partial charge is 0.0486 e. The monoisotopic (exact) mass is 253 g/mol. The second-order valence-corrected chi connectivity index (χ2v) is 4.58. The van der Waals surface area contributed by atoms with Crippen LogP contribution in [0.25, 0.3) is 0 Å².